The van der Waals surface area contributed by atoms with Gasteiger partial charge in [0, 0.05) is 19.3 Å². The number of carbonyl (C=O) groups excluding carboxylic acids is 3. The summed E-state index contributed by atoms with van der Waals surface area (Å²) < 4.78 is 17.0. The maximum Gasteiger partial charge on any atom is 0.306 e. The van der Waals surface area contributed by atoms with E-state index in [9.17, 15) is 14.4 Å². The Hall–Kier alpha value is -3.41. The highest BCUT2D eigenvalue weighted by atomic mass is 16.6. The molecular weight excluding hydrogens is 1010 g/mol. The molecule has 0 amide bonds. The summed E-state index contributed by atoms with van der Waals surface area (Å²) in [4.78, 5) is 38.5. The lowest BCUT2D eigenvalue weighted by molar-refractivity contribution is -0.167. The van der Waals surface area contributed by atoms with Gasteiger partial charge in [0.25, 0.3) is 0 Å². The van der Waals surface area contributed by atoms with Crippen LogP contribution in [0.15, 0.2) is 85.1 Å². The number of allylic oxidation sites excluding steroid dienone is 14. The molecule has 0 N–H and O–H groups in total. The van der Waals surface area contributed by atoms with E-state index in [1.54, 1.807) is 0 Å². The van der Waals surface area contributed by atoms with Crippen LogP contribution in [0.3, 0.4) is 0 Å². The van der Waals surface area contributed by atoms with Crippen molar-refractivity contribution in [1.82, 2.24) is 0 Å². The molecule has 0 aromatic carbocycles. The molecule has 0 aliphatic rings. The summed E-state index contributed by atoms with van der Waals surface area (Å²) in [6, 6.07) is 0. The van der Waals surface area contributed by atoms with Crippen LogP contribution in [-0.2, 0) is 28.6 Å². The maximum atomic E-state index is 13.0. The second-order valence-electron chi connectivity index (χ2n) is 23.8. The number of carbonyl (C=O) groups is 3. The fraction of sp³-hybridized carbons (Fsp3) is 0.776. The van der Waals surface area contributed by atoms with Crippen LogP contribution in [0.25, 0.3) is 0 Å². The monoisotopic (exact) mass is 1140 g/mol. The van der Waals surface area contributed by atoms with Crippen molar-refractivity contribution in [1.29, 1.82) is 0 Å². The summed E-state index contributed by atoms with van der Waals surface area (Å²) in [5.74, 6) is -0.883. The Kier molecular flexibility index (Phi) is 67.2. The van der Waals surface area contributed by atoms with E-state index in [2.05, 4.69) is 106 Å². The standard InChI is InChI=1S/C76H134O6/c1-4-7-10-13-16-19-22-25-28-30-32-34-36-38-40-42-44-46-48-51-54-57-60-63-66-69-75(78)81-72-73(71-80-74(77)68-65-62-59-56-53-50-27-24-21-18-15-12-9-6-3)82-76(79)70-67-64-61-58-55-52-49-47-45-43-41-39-37-35-33-31-29-26-23-20-17-14-11-8-5-2/h15,18,22-27,30-33,36,38,73H,4-14,16-17,19-21,28-29,34-35,37,39-72H2,1-3H3/b18-15-,25-22-,26-23-,27-24-,32-30-,33-31-,38-36-. The maximum absolute atomic E-state index is 13.0. The van der Waals surface area contributed by atoms with Crippen molar-refractivity contribution in [3.05, 3.63) is 85.1 Å². The van der Waals surface area contributed by atoms with Crippen LogP contribution in [0.1, 0.15) is 361 Å². The fourth-order valence-corrected chi connectivity index (χ4v) is 10.2. The van der Waals surface area contributed by atoms with Crippen LogP contribution in [0, 0.1) is 0 Å². The first kappa shape index (κ1) is 78.6. The van der Waals surface area contributed by atoms with Gasteiger partial charge >= 0.3 is 17.9 Å². The molecule has 1 unspecified atom stereocenters. The van der Waals surface area contributed by atoms with Gasteiger partial charge in [-0.05, 0) is 116 Å². The summed E-state index contributed by atoms with van der Waals surface area (Å²) >= 11 is 0. The molecule has 0 saturated carbocycles. The number of rotatable bonds is 65. The zero-order valence-electron chi connectivity index (χ0n) is 54.5. The van der Waals surface area contributed by atoms with Crippen molar-refractivity contribution >= 4 is 17.9 Å². The largest absolute Gasteiger partial charge is 0.462 e. The normalized spacial score (nSPS) is 12.6. The molecule has 6 nitrogen and oxygen atoms in total. The minimum atomic E-state index is -0.787. The number of ether oxygens (including phenoxy) is 3. The smallest absolute Gasteiger partial charge is 0.306 e. The van der Waals surface area contributed by atoms with Crippen LogP contribution in [-0.4, -0.2) is 37.2 Å². The Morgan fingerprint density at radius 1 is 0.244 bits per heavy atom. The average Bonchev–Trinajstić information content (AvgIpc) is 3.48. The van der Waals surface area contributed by atoms with Crippen molar-refractivity contribution in [3.63, 3.8) is 0 Å². The molecule has 0 aromatic rings. The van der Waals surface area contributed by atoms with Crippen LogP contribution in [0.2, 0.25) is 0 Å². The highest BCUT2D eigenvalue weighted by Crippen LogP contribution is 2.17. The number of hydrogen-bond donors (Lipinski definition) is 0. The average molecular weight is 1140 g/mol. The highest BCUT2D eigenvalue weighted by Gasteiger charge is 2.19. The Labute approximate surface area is 509 Å². The molecule has 6 heteroatoms. The van der Waals surface area contributed by atoms with Crippen LogP contribution < -0.4 is 0 Å². The second kappa shape index (κ2) is 70.1. The predicted octanol–water partition coefficient (Wildman–Crippen LogP) is 24.6. The molecule has 82 heavy (non-hydrogen) atoms. The van der Waals surface area contributed by atoms with Crippen molar-refractivity contribution < 1.29 is 28.6 Å². The third-order valence-electron chi connectivity index (χ3n) is 15.6. The van der Waals surface area contributed by atoms with Crippen molar-refractivity contribution in [3.8, 4) is 0 Å². The van der Waals surface area contributed by atoms with Crippen molar-refractivity contribution in [2.45, 2.75) is 367 Å². The van der Waals surface area contributed by atoms with E-state index in [-0.39, 0.29) is 31.1 Å². The van der Waals surface area contributed by atoms with Crippen LogP contribution in [0.5, 0.6) is 0 Å². The first-order valence-electron chi connectivity index (χ1n) is 35.6. The molecule has 0 aliphatic carbocycles. The Balaban J connectivity index is 4.31. The van der Waals surface area contributed by atoms with Gasteiger partial charge in [-0.2, -0.15) is 0 Å². The van der Waals surface area contributed by atoms with Crippen LogP contribution in [0.4, 0.5) is 0 Å². The molecular formula is C76H134O6. The molecule has 0 saturated heterocycles. The molecule has 0 rings (SSSR count). The van der Waals surface area contributed by atoms with Crippen molar-refractivity contribution in [2.75, 3.05) is 13.2 Å². The zero-order chi connectivity index (χ0) is 59.2. The van der Waals surface area contributed by atoms with Gasteiger partial charge in [0.2, 0.25) is 0 Å². The SMILES string of the molecule is CCCC/C=C\C/C=C\CCCCCCCC(=O)OCC(COC(=O)CCCCCCCCCCCC/C=C\C/C=C\C/C=C\CCCCCCC)OC(=O)CCCCCCCCCCCCCCC/C=C\C/C=C\CCCCCCC. The molecule has 0 spiro atoms. The molecule has 0 aromatic heterocycles. The first-order valence-corrected chi connectivity index (χ1v) is 35.6. The summed E-state index contributed by atoms with van der Waals surface area (Å²) in [6.07, 6.45) is 93.2. The lowest BCUT2D eigenvalue weighted by Crippen LogP contribution is -2.30. The number of hydrogen-bond acceptors (Lipinski definition) is 6. The number of unbranched alkanes of at least 4 members (excludes halogenated alkanes) is 40. The third kappa shape index (κ3) is 67.4. The predicted molar refractivity (Wildman–Crippen MR) is 358 cm³/mol. The quantitative estimate of drug-likeness (QED) is 0.0261. The summed E-state index contributed by atoms with van der Waals surface area (Å²) in [5, 5.41) is 0. The number of esters is 3. The van der Waals surface area contributed by atoms with E-state index in [0.717, 1.165) is 96.3 Å². The van der Waals surface area contributed by atoms with Gasteiger partial charge < -0.3 is 14.2 Å². The summed E-state index contributed by atoms with van der Waals surface area (Å²) in [7, 11) is 0. The topological polar surface area (TPSA) is 78.9 Å². The lowest BCUT2D eigenvalue weighted by atomic mass is 10.0. The van der Waals surface area contributed by atoms with Gasteiger partial charge in [0.05, 0.1) is 0 Å². The molecule has 0 fully saturated rings. The first-order chi connectivity index (χ1) is 40.5. The van der Waals surface area contributed by atoms with Crippen molar-refractivity contribution in [2.24, 2.45) is 0 Å². The van der Waals surface area contributed by atoms with Gasteiger partial charge in [0.1, 0.15) is 13.2 Å². The Bertz CT molecular complexity index is 1550. The van der Waals surface area contributed by atoms with E-state index in [1.807, 2.05) is 0 Å². The summed E-state index contributed by atoms with van der Waals surface area (Å²) in [5.41, 5.74) is 0. The minimum Gasteiger partial charge on any atom is -0.462 e. The zero-order valence-corrected chi connectivity index (χ0v) is 54.5. The van der Waals surface area contributed by atoms with Gasteiger partial charge in [-0.3, -0.25) is 14.4 Å². The molecule has 0 bridgehead atoms. The highest BCUT2D eigenvalue weighted by molar-refractivity contribution is 5.71. The third-order valence-corrected chi connectivity index (χ3v) is 15.6. The fourth-order valence-electron chi connectivity index (χ4n) is 10.2. The second-order valence-corrected chi connectivity index (χ2v) is 23.8. The molecule has 0 heterocycles. The van der Waals surface area contributed by atoms with E-state index < -0.39 is 6.10 Å². The Morgan fingerprint density at radius 2 is 0.451 bits per heavy atom. The molecule has 1 atom stereocenters. The Morgan fingerprint density at radius 3 is 0.720 bits per heavy atom. The lowest BCUT2D eigenvalue weighted by Gasteiger charge is -2.18. The van der Waals surface area contributed by atoms with E-state index in [1.165, 1.54) is 225 Å². The van der Waals surface area contributed by atoms with Gasteiger partial charge in [0.15, 0.2) is 6.10 Å². The van der Waals surface area contributed by atoms with Crippen LogP contribution >= 0.6 is 0 Å². The van der Waals surface area contributed by atoms with E-state index >= 15 is 0 Å². The molecule has 0 aliphatic heterocycles. The summed E-state index contributed by atoms with van der Waals surface area (Å²) in [6.45, 7) is 6.61. The van der Waals surface area contributed by atoms with Gasteiger partial charge in [-0.25, -0.2) is 0 Å². The van der Waals surface area contributed by atoms with E-state index in [4.69, 9.17) is 14.2 Å². The molecule has 474 valence electrons. The molecule has 0 radical (unpaired) electrons. The van der Waals surface area contributed by atoms with Gasteiger partial charge in [-0.15, -0.1) is 0 Å². The van der Waals surface area contributed by atoms with Gasteiger partial charge in [-0.1, -0.05) is 311 Å². The minimum absolute atomic E-state index is 0.0816. The van der Waals surface area contributed by atoms with E-state index in [0.29, 0.717) is 19.3 Å².